The molecule has 4 aromatic carbocycles. The van der Waals surface area contributed by atoms with Crippen LogP contribution in [0, 0.1) is 20.8 Å². The van der Waals surface area contributed by atoms with E-state index in [9.17, 15) is 19.5 Å². The molecule has 11 nitrogen and oxygen atoms in total. The van der Waals surface area contributed by atoms with Crippen LogP contribution in [-0.4, -0.2) is 61.2 Å². The Balaban J connectivity index is 1.14. The van der Waals surface area contributed by atoms with Crippen LogP contribution in [0.3, 0.4) is 0 Å². The highest BCUT2D eigenvalue weighted by atomic mass is 16.6. The minimum absolute atomic E-state index is 0.189. The zero-order chi connectivity index (χ0) is 49.1. The van der Waals surface area contributed by atoms with Gasteiger partial charge in [-0.2, -0.15) is 0 Å². The number of benzene rings is 4. The summed E-state index contributed by atoms with van der Waals surface area (Å²) in [4.78, 5) is 55.9. The molecule has 2 aliphatic heterocycles. The number of carbonyl (C=O) groups is 3. The fourth-order valence-corrected chi connectivity index (χ4v) is 8.85. The van der Waals surface area contributed by atoms with E-state index in [2.05, 4.69) is 163 Å². The lowest BCUT2D eigenvalue weighted by molar-refractivity contribution is -0.139. The van der Waals surface area contributed by atoms with Gasteiger partial charge in [-0.05, 0) is 144 Å². The van der Waals surface area contributed by atoms with Crippen molar-refractivity contribution in [1.29, 1.82) is 0 Å². The van der Waals surface area contributed by atoms with E-state index >= 15 is 0 Å². The molecule has 1 atom stereocenters. The Kier molecular flexibility index (Phi) is 13.2. The van der Waals surface area contributed by atoms with Crippen LogP contribution in [-0.2, 0) is 9.53 Å². The van der Waals surface area contributed by atoms with E-state index in [4.69, 9.17) is 14.7 Å². The molecule has 8 bridgehead atoms. The number of alkyl carbamates (subject to hydrolysis) is 1. The van der Waals surface area contributed by atoms with Crippen LogP contribution in [0.5, 0.6) is 0 Å². The molecule has 0 spiro atoms. The third kappa shape index (κ3) is 10.4. The lowest BCUT2D eigenvalue weighted by atomic mass is 10.0. The number of ether oxygens (including phenoxy) is 1. The molecule has 7 aromatic rings. The third-order valence-corrected chi connectivity index (χ3v) is 12.4. The minimum atomic E-state index is -1.15. The van der Waals surface area contributed by atoms with Gasteiger partial charge in [0.2, 0.25) is 0 Å². The smallest absolute Gasteiger partial charge is 0.408 e. The number of fused-ring (bicyclic) bond motifs is 8. The van der Waals surface area contributed by atoms with Crippen LogP contribution in [0.4, 0.5) is 4.79 Å². The number of hydrogen-bond acceptors (Lipinski definition) is 6. The average molecular weight is 929 g/mol. The highest BCUT2D eigenvalue weighted by Crippen LogP contribution is 2.38. The van der Waals surface area contributed by atoms with E-state index in [0.717, 1.165) is 100 Å². The van der Waals surface area contributed by atoms with Gasteiger partial charge in [0, 0.05) is 56.4 Å². The van der Waals surface area contributed by atoms with Crippen LogP contribution in [0.1, 0.15) is 89.9 Å². The van der Waals surface area contributed by atoms with Crippen LogP contribution in [0.2, 0.25) is 0 Å². The number of carboxylic acid groups (broad SMARTS) is 1. The zero-order valence-corrected chi connectivity index (χ0v) is 40.2. The first kappa shape index (κ1) is 46.8. The van der Waals surface area contributed by atoms with Crippen molar-refractivity contribution in [2.24, 2.45) is 0 Å². The van der Waals surface area contributed by atoms with Crippen LogP contribution < -0.4 is 10.6 Å². The maximum Gasteiger partial charge on any atom is 0.408 e. The molecule has 2 aliphatic rings. The predicted molar refractivity (Wildman–Crippen MR) is 282 cm³/mol. The normalized spacial score (nSPS) is 12.4. The number of amides is 2. The molecule has 2 amide bonds. The summed E-state index contributed by atoms with van der Waals surface area (Å²) in [5.41, 5.74) is 17.7. The Morgan fingerprint density at radius 2 is 0.900 bits per heavy atom. The predicted octanol–water partition coefficient (Wildman–Crippen LogP) is 13.1. The van der Waals surface area contributed by atoms with Crippen molar-refractivity contribution in [2.45, 2.75) is 72.4 Å². The number of rotatable bonds is 12. The van der Waals surface area contributed by atoms with E-state index in [0.29, 0.717) is 24.9 Å². The number of aromatic nitrogens is 4. The fraction of sp³-hybridized carbons (Fsp3) is 0.203. The number of aromatic amines is 2. The monoisotopic (exact) mass is 928 g/mol. The molecule has 9 rings (SSSR count). The Bertz CT molecular complexity index is 3310. The van der Waals surface area contributed by atoms with Crippen molar-refractivity contribution in [1.82, 2.24) is 30.6 Å². The highest BCUT2D eigenvalue weighted by molar-refractivity contribution is 6.00. The molecule has 3 aromatic heterocycles. The molecule has 0 unspecified atom stereocenters. The number of nitrogens with one attached hydrogen (secondary N) is 4. The first-order chi connectivity index (χ1) is 33.7. The molecule has 0 fully saturated rings. The average Bonchev–Trinajstić information content (AvgIpc) is 4.18. The number of unbranched alkanes of at least 4 members (excludes halogenated alkanes) is 1. The quantitative estimate of drug-likeness (QED) is 0.0762. The summed E-state index contributed by atoms with van der Waals surface area (Å²) in [5.74, 6) is -1.40. The highest BCUT2D eigenvalue weighted by Gasteiger charge is 2.24. The third-order valence-electron chi connectivity index (χ3n) is 12.4. The van der Waals surface area contributed by atoms with Gasteiger partial charge in [-0.1, -0.05) is 102 Å². The summed E-state index contributed by atoms with van der Waals surface area (Å²) >= 11 is 0. The van der Waals surface area contributed by atoms with E-state index in [1.807, 2.05) is 12.1 Å². The van der Waals surface area contributed by atoms with Crippen LogP contribution in [0.25, 0.3) is 90.9 Å². The zero-order valence-electron chi connectivity index (χ0n) is 40.2. The number of hydrogen-bond donors (Lipinski definition) is 5. The van der Waals surface area contributed by atoms with Gasteiger partial charge in [0.25, 0.3) is 5.91 Å². The summed E-state index contributed by atoms with van der Waals surface area (Å²) in [7, 11) is 0. The second-order valence-corrected chi connectivity index (χ2v) is 19.0. The van der Waals surface area contributed by atoms with Crippen LogP contribution in [0.15, 0.2) is 121 Å². The van der Waals surface area contributed by atoms with Crippen molar-refractivity contribution in [3.63, 3.8) is 0 Å². The van der Waals surface area contributed by atoms with E-state index in [-0.39, 0.29) is 12.3 Å². The number of aryl methyl sites for hydroxylation is 3. The minimum Gasteiger partial charge on any atom is -0.480 e. The Morgan fingerprint density at radius 1 is 0.543 bits per heavy atom. The van der Waals surface area contributed by atoms with Crippen molar-refractivity contribution in [3.05, 3.63) is 166 Å². The van der Waals surface area contributed by atoms with Crippen molar-refractivity contribution in [2.75, 3.05) is 6.54 Å². The molecule has 5 heterocycles. The first-order valence-electron chi connectivity index (χ1n) is 23.7. The van der Waals surface area contributed by atoms with Crippen LogP contribution >= 0.6 is 0 Å². The molecule has 0 radical (unpaired) electrons. The summed E-state index contributed by atoms with van der Waals surface area (Å²) in [6.45, 7) is 11.7. The number of carboxylic acids is 1. The summed E-state index contributed by atoms with van der Waals surface area (Å²) in [5, 5.41) is 15.1. The second-order valence-electron chi connectivity index (χ2n) is 19.0. The molecule has 0 saturated heterocycles. The number of carbonyl (C=O) groups excluding carboxylic acids is 2. The molecular weight excluding hydrogens is 873 g/mol. The molecule has 0 saturated carbocycles. The molecule has 0 aliphatic carbocycles. The van der Waals surface area contributed by atoms with Gasteiger partial charge in [0.05, 0.1) is 22.8 Å². The largest absolute Gasteiger partial charge is 0.480 e. The molecule has 70 heavy (non-hydrogen) atoms. The second kappa shape index (κ2) is 19.7. The van der Waals surface area contributed by atoms with E-state index in [1.165, 1.54) is 5.56 Å². The van der Waals surface area contributed by atoms with Crippen molar-refractivity contribution >= 4 is 64.3 Å². The van der Waals surface area contributed by atoms with Gasteiger partial charge in [-0.3, -0.25) is 4.79 Å². The molecule has 11 heteroatoms. The summed E-state index contributed by atoms with van der Waals surface area (Å²) in [6.07, 6.45) is 8.71. The van der Waals surface area contributed by atoms with Gasteiger partial charge < -0.3 is 30.4 Å². The fourth-order valence-electron chi connectivity index (χ4n) is 8.85. The topological polar surface area (TPSA) is 162 Å². The Morgan fingerprint density at radius 3 is 1.24 bits per heavy atom. The standard InChI is InChI=1S/C59H56N6O5/c1-35-10-16-38(17-11-35)52-43-26-28-45(61-43)53(39-18-12-36(2)13-19-39)47-30-32-49(63-47)55(50-33-31-48(64-50)54(46-29-27-44(52)62-46)40-20-14-37(3)15-21-40)41-22-24-42(25-23-41)56(66)60-34-8-7-9-51(57(67)68)65-58(69)70-59(4,5)6/h10-33,51,61,64H,7-9,34H2,1-6H3,(H,60,66)(H,65,69)(H,67,68)/t51-/m0/s1. The molecular formula is C59H56N6O5. The lowest BCUT2D eigenvalue weighted by Crippen LogP contribution is -2.43. The Labute approximate surface area is 407 Å². The maximum absolute atomic E-state index is 13.5. The number of H-pyrrole nitrogens is 2. The number of nitrogens with zero attached hydrogens (tertiary/aromatic N) is 2. The van der Waals surface area contributed by atoms with Gasteiger partial charge in [-0.15, -0.1) is 0 Å². The molecule has 5 N–H and O–H groups in total. The van der Waals surface area contributed by atoms with Crippen molar-refractivity contribution in [3.8, 4) is 44.5 Å². The van der Waals surface area contributed by atoms with Crippen molar-refractivity contribution < 1.29 is 24.2 Å². The van der Waals surface area contributed by atoms with Gasteiger partial charge in [-0.25, -0.2) is 19.6 Å². The lowest BCUT2D eigenvalue weighted by Gasteiger charge is -2.22. The SMILES string of the molecule is Cc1ccc(-c2c3nc(c(-c4ccc(C)cc4)c4ccc([nH]4)c(-c4ccc(C(=O)NCCCC[C@H](NC(=O)OC(C)(C)C)C(=O)O)cc4)c4nc(c(-c5ccc(C)cc5)c5ccc2[nH]5)C=C4)C=C3)cc1. The maximum atomic E-state index is 13.5. The summed E-state index contributed by atoms with van der Waals surface area (Å²) < 4.78 is 5.23. The van der Waals surface area contributed by atoms with Gasteiger partial charge in [0.15, 0.2) is 0 Å². The van der Waals surface area contributed by atoms with Gasteiger partial charge in [0.1, 0.15) is 11.6 Å². The number of aliphatic carboxylic acids is 1. The first-order valence-corrected chi connectivity index (χ1v) is 23.7. The van der Waals surface area contributed by atoms with E-state index in [1.54, 1.807) is 32.9 Å². The summed E-state index contributed by atoms with van der Waals surface area (Å²) in [6, 6.07) is 40.4. The Hall–Kier alpha value is -8.31. The van der Waals surface area contributed by atoms with E-state index < -0.39 is 23.7 Å². The molecule has 352 valence electrons. The van der Waals surface area contributed by atoms with Gasteiger partial charge >= 0.3 is 12.1 Å².